The number of carbonyl (C=O) groups excluding carboxylic acids is 1. The number of nitrogens with zero attached hydrogens (tertiary/aromatic N) is 1. The van der Waals surface area contributed by atoms with E-state index in [9.17, 15) is 9.18 Å². The summed E-state index contributed by atoms with van der Waals surface area (Å²) in [4.78, 5) is 15.7. The average molecular weight is 327 g/mol. The molecule has 4 heteroatoms. The molecule has 0 spiro atoms. The number of hydrogen-bond acceptors (Lipinski definition) is 1. The van der Waals surface area contributed by atoms with Crippen molar-refractivity contribution < 1.29 is 14.1 Å². The van der Waals surface area contributed by atoms with Crippen molar-refractivity contribution in [2.45, 2.75) is 12.8 Å². The number of aryl methyl sites for hydroxylation is 1. The van der Waals surface area contributed by atoms with Crippen LogP contribution in [0, 0.1) is 5.82 Å². The van der Waals surface area contributed by atoms with Crippen LogP contribution in [0.3, 0.4) is 0 Å². The second-order valence-corrected chi connectivity index (χ2v) is 6.36. The maximum absolute atomic E-state index is 13.7. The Bertz CT molecular complexity index is 666. The van der Waals surface area contributed by atoms with E-state index in [4.69, 9.17) is 0 Å². The van der Waals surface area contributed by atoms with Crippen LogP contribution in [-0.4, -0.2) is 43.5 Å². The molecular weight excluding hydrogens is 303 g/mol. The van der Waals surface area contributed by atoms with Gasteiger partial charge in [-0.3, -0.25) is 4.79 Å². The van der Waals surface area contributed by atoms with Gasteiger partial charge in [-0.05, 0) is 24.1 Å². The van der Waals surface area contributed by atoms with Gasteiger partial charge in [-0.2, -0.15) is 0 Å². The number of amides is 1. The lowest BCUT2D eigenvalue weighted by Gasteiger charge is -2.32. The van der Waals surface area contributed by atoms with Gasteiger partial charge in [0.2, 0.25) is 0 Å². The summed E-state index contributed by atoms with van der Waals surface area (Å²) in [5, 5.41) is 0. The van der Waals surface area contributed by atoms with Crippen LogP contribution in [0.4, 0.5) is 4.39 Å². The lowest BCUT2D eigenvalue weighted by molar-refractivity contribution is -0.904. The molecule has 0 aliphatic carbocycles. The Labute approximate surface area is 142 Å². The maximum Gasteiger partial charge on any atom is 0.257 e. The molecule has 1 saturated heterocycles. The monoisotopic (exact) mass is 327 g/mol. The van der Waals surface area contributed by atoms with E-state index in [1.165, 1.54) is 16.5 Å². The van der Waals surface area contributed by atoms with Crippen molar-refractivity contribution in [3.05, 3.63) is 71.5 Å². The fourth-order valence-electron chi connectivity index (χ4n) is 3.27. The molecule has 3 rings (SSSR count). The molecule has 1 heterocycles. The SMILES string of the molecule is O=C(c1ccccc1F)N1CC[NH+](CCCc2ccccc2)CC1. The molecule has 0 saturated carbocycles. The molecule has 2 aromatic rings. The lowest BCUT2D eigenvalue weighted by Crippen LogP contribution is -3.14. The zero-order valence-corrected chi connectivity index (χ0v) is 13.9. The Morgan fingerprint density at radius 1 is 1.00 bits per heavy atom. The van der Waals surface area contributed by atoms with Gasteiger partial charge in [-0.25, -0.2) is 4.39 Å². The standard InChI is InChI=1S/C20H23FN2O/c21-19-11-5-4-10-18(19)20(24)23-15-13-22(14-16-23)12-6-9-17-7-2-1-3-8-17/h1-5,7-8,10-11H,6,9,12-16H2/p+1. The first-order valence-corrected chi connectivity index (χ1v) is 8.65. The fourth-order valence-corrected chi connectivity index (χ4v) is 3.27. The van der Waals surface area contributed by atoms with E-state index in [1.54, 1.807) is 23.1 Å². The molecule has 1 aliphatic rings. The van der Waals surface area contributed by atoms with Crippen LogP contribution in [0.2, 0.25) is 0 Å². The number of piperazine rings is 1. The van der Waals surface area contributed by atoms with Crippen LogP contribution in [0.5, 0.6) is 0 Å². The Morgan fingerprint density at radius 2 is 1.67 bits per heavy atom. The van der Waals surface area contributed by atoms with Gasteiger partial charge in [-0.1, -0.05) is 42.5 Å². The molecule has 2 aromatic carbocycles. The number of nitrogens with one attached hydrogen (secondary N) is 1. The van der Waals surface area contributed by atoms with E-state index in [1.807, 2.05) is 6.07 Å². The van der Waals surface area contributed by atoms with Crippen molar-refractivity contribution in [2.75, 3.05) is 32.7 Å². The fraction of sp³-hybridized carbons (Fsp3) is 0.350. The second-order valence-electron chi connectivity index (χ2n) is 6.36. The van der Waals surface area contributed by atoms with Crippen molar-refractivity contribution in [3.8, 4) is 0 Å². The number of quaternary nitrogens is 1. The molecule has 0 aromatic heterocycles. The highest BCUT2D eigenvalue weighted by Crippen LogP contribution is 2.10. The van der Waals surface area contributed by atoms with Crippen LogP contribution in [0.1, 0.15) is 22.3 Å². The summed E-state index contributed by atoms with van der Waals surface area (Å²) in [5.41, 5.74) is 1.57. The van der Waals surface area contributed by atoms with E-state index in [0.717, 1.165) is 32.5 Å². The second kappa shape index (κ2) is 8.06. The first-order valence-electron chi connectivity index (χ1n) is 8.65. The lowest BCUT2D eigenvalue weighted by atomic mass is 10.1. The van der Waals surface area contributed by atoms with Gasteiger partial charge < -0.3 is 9.80 Å². The minimum Gasteiger partial charge on any atom is -0.332 e. The Morgan fingerprint density at radius 3 is 2.38 bits per heavy atom. The van der Waals surface area contributed by atoms with E-state index in [-0.39, 0.29) is 11.5 Å². The van der Waals surface area contributed by atoms with Gasteiger partial charge in [0.05, 0.1) is 38.3 Å². The summed E-state index contributed by atoms with van der Waals surface area (Å²) in [7, 11) is 0. The number of benzene rings is 2. The van der Waals surface area contributed by atoms with E-state index < -0.39 is 5.82 Å². The highest BCUT2D eigenvalue weighted by atomic mass is 19.1. The molecule has 0 bridgehead atoms. The molecule has 1 N–H and O–H groups in total. The minimum absolute atomic E-state index is 0.184. The first-order chi connectivity index (χ1) is 11.7. The molecule has 24 heavy (non-hydrogen) atoms. The van der Waals surface area contributed by atoms with Crippen molar-refractivity contribution in [1.29, 1.82) is 0 Å². The number of halogens is 1. The van der Waals surface area contributed by atoms with Crippen LogP contribution in [0.15, 0.2) is 54.6 Å². The molecular formula is C20H24FN2O+. The highest BCUT2D eigenvalue weighted by Gasteiger charge is 2.25. The average Bonchev–Trinajstić information content (AvgIpc) is 2.63. The predicted octanol–water partition coefficient (Wildman–Crippen LogP) is 1.80. The van der Waals surface area contributed by atoms with Crippen molar-refractivity contribution in [3.63, 3.8) is 0 Å². The van der Waals surface area contributed by atoms with E-state index >= 15 is 0 Å². The van der Waals surface area contributed by atoms with Crippen LogP contribution < -0.4 is 4.90 Å². The molecule has 1 fully saturated rings. The maximum atomic E-state index is 13.7. The van der Waals surface area contributed by atoms with E-state index in [0.29, 0.717) is 13.1 Å². The normalized spacial score (nSPS) is 15.5. The predicted molar refractivity (Wildman–Crippen MR) is 92.6 cm³/mol. The van der Waals surface area contributed by atoms with Crippen molar-refractivity contribution in [1.82, 2.24) is 4.90 Å². The van der Waals surface area contributed by atoms with Gasteiger partial charge in [0.25, 0.3) is 5.91 Å². The van der Waals surface area contributed by atoms with Gasteiger partial charge >= 0.3 is 0 Å². The third kappa shape index (κ3) is 4.20. The zero-order chi connectivity index (χ0) is 16.8. The van der Waals surface area contributed by atoms with Crippen LogP contribution >= 0.6 is 0 Å². The summed E-state index contributed by atoms with van der Waals surface area (Å²) >= 11 is 0. The topological polar surface area (TPSA) is 24.8 Å². The Hall–Kier alpha value is -2.20. The molecule has 1 aliphatic heterocycles. The summed E-state index contributed by atoms with van der Waals surface area (Å²) < 4.78 is 13.7. The van der Waals surface area contributed by atoms with Gasteiger partial charge in [0, 0.05) is 6.42 Å². The van der Waals surface area contributed by atoms with Crippen LogP contribution in [0.25, 0.3) is 0 Å². The van der Waals surface area contributed by atoms with Crippen molar-refractivity contribution >= 4 is 5.91 Å². The summed E-state index contributed by atoms with van der Waals surface area (Å²) in [6.07, 6.45) is 2.25. The van der Waals surface area contributed by atoms with Crippen LogP contribution in [-0.2, 0) is 6.42 Å². The molecule has 3 nitrogen and oxygen atoms in total. The molecule has 1 amide bonds. The van der Waals surface area contributed by atoms with Crippen molar-refractivity contribution in [2.24, 2.45) is 0 Å². The molecule has 126 valence electrons. The summed E-state index contributed by atoms with van der Waals surface area (Å²) in [6.45, 7) is 4.41. The molecule has 0 atom stereocenters. The molecule has 0 radical (unpaired) electrons. The quantitative estimate of drug-likeness (QED) is 0.890. The third-order valence-corrected chi connectivity index (χ3v) is 4.70. The Kier molecular flexibility index (Phi) is 5.59. The minimum atomic E-state index is -0.430. The number of hydrogen-bond donors (Lipinski definition) is 1. The smallest absolute Gasteiger partial charge is 0.257 e. The van der Waals surface area contributed by atoms with Gasteiger partial charge in [0.15, 0.2) is 0 Å². The van der Waals surface area contributed by atoms with Gasteiger partial charge in [0.1, 0.15) is 5.82 Å². The third-order valence-electron chi connectivity index (χ3n) is 4.70. The Balaban J connectivity index is 1.44. The number of carbonyl (C=O) groups is 1. The van der Waals surface area contributed by atoms with E-state index in [2.05, 4.69) is 24.3 Å². The summed E-state index contributed by atoms with van der Waals surface area (Å²) in [6, 6.07) is 16.8. The zero-order valence-electron chi connectivity index (χ0n) is 13.9. The first kappa shape index (κ1) is 16.7. The highest BCUT2D eigenvalue weighted by molar-refractivity contribution is 5.94. The molecule has 0 unspecified atom stereocenters. The number of rotatable bonds is 5. The van der Waals surface area contributed by atoms with Gasteiger partial charge in [-0.15, -0.1) is 0 Å². The largest absolute Gasteiger partial charge is 0.332 e. The summed E-state index contributed by atoms with van der Waals surface area (Å²) in [5.74, 6) is -0.614.